The van der Waals surface area contributed by atoms with Crippen LogP contribution in [0.25, 0.3) is 17.0 Å². The minimum Gasteiger partial charge on any atom is -0.489 e. The first-order valence-electron chi connectivity index (χ1n) is 8.77. The first kappa shape index (κ1) is 17.6. The van der Waals surface area contributed by atoms with Gasteiger partial charge in [-0.1, -0.05) is 17.7 Å². The third-order valence-electron chi connectivity index (χ3n) is 4.49. The first-order chi connectivity index (χ1) is 13.0. The van der Waals surface area contributed by atoms with E-state index in [4.69, 9.17) is 21.1 Å². The SMILES string of the molecule is CC(C)n1nc(Cl)c2cc(COc3ccc4c(c3)OCC(C=O)=C4)ccc21. The van der Waals surface area contributed by atoms with Crippen LogP contribution in [0.5, 0.6) is 11.5 Å². The number of benzene rings is 2. The normalized spacial score (nSPS) is 13.3. The van der Waals surface area contributed by atoms with Gasteiger partial charge in [0.1, 0.15) is 31.0 Å². The van der Waals surface area contributed by atoms with Gasteiger partial charge in [-0.25, -0.2) is 0 Å². The zero-order chi connectivity index (χ0) is 19.0. The maximum atomic E-state index is 10.9. The van der Waals surface area contributed by atoms with Crippen LogP contribution in [0.4, 0.5) is 0 Å². The smallest absolute Gasteiger partial charge is 0.158 e. The molecule has 0 radical (unpaired) electrons. The third-order valence-corrected chi connectivity index (χ3v) is 4.77. The van der Waals surface area contributed by atoms with Crippen LogP contribution in [0, 0.1) is 0 Å². The Morgan fingerprint density at radius 3 is 2.93 bits per heavy atom. The van der Waals surface area contributed by atoms with Gasteiger partial charge in [0.15, 0.2) is 5.15 Å². The Hall–Kier alpha value is -2.79. The average molecular weight is 383 g/mol. The van der Waals surface area contributed by atoms with Crippen LogP contribution in [-0.4, -0.2) is 22.7 Å². The highest BCUT2D eigenvalue weighted by Crippen LogP contribution is 2.31. The minimum atomic E-state index is 0.242. The molecular weight excluding hydrogens is 364 g/mol. The minimum absolute atomic E-state index is 0.242. The average Bonchev–Trinajstić information content (AvgIpc) is 3.02. The lowest BCUT2D eigenvalue weighted by atomic mass is 10.1. The molecular formula is C21H19ClN2O3. The Balaban J connectivity index is 1.53. The molecule has 0 bridgehead atoms. The zero-order valence-electron chi connectivity index (χ0n) is 15.1. The highest BCUT2D eigenvalue weighted by molar-refractivity contribution is 6.34. The fourth-order valence-corrected chi connectivity index (χ4v) is 3.35. The molecule has 27 heavy (non-hydrogen) atoms. The standard InChI is InChI=1S/C21H19ClN2O3/c1-13(2)24-19-6-3-14(8-18(19)21(22)23-24)11-26-17-5-4-16-7-15(10-25)12-27-20(16)9-17/h3-10,13H,11-12H2,1-2H3. The van der Waals surface area contributed by atoms with Gasteiger partial charge in [0, 0.05) is 28.6 Å². The van der Waals surface area contributed by atoms with Crippen molar-refractivity contribution < 1.29 is 14.3 Å². The van der Waals surface area contributed by atoms with E-state index in [0.717, 1.165) is 34.1 Å². The number of carbonyl (C=O) groups excluding carboxylic acids is 1. The summed E-state index contributed by atoms with van der Waals surface area (Å²) < 4.78 is 13.4. The second kappa shape index (κ2) is 7.08. The predicted octanol–water partition coefficient (Wildman–Crippen LogP) is 4.82. The van der Waals surface area contributed by atoms with Crippen LogP contribution in [0.2, 0.25) is 5.15 Å². The fourth-order valence-electron chi connectivity index (χ4n) is 3.12. The summed E-state index contributed by atoms with van der Waals surface area (Å²) in [6.45, 7) is 4.85. The van der Waals surface area contributed by atoms with Gasteiger partial charge in [-0.05, 0) is 49.8 Å². The van der Waals surface area contributed by atoms with Crippen molar-refractivity contribution in [3.05, 3.63) is 58.3 Å². The van der Waals surface area contributed by atoms with Crippen LogP contribution < -0.4 is 9.47 Å². The summed E-state index contributed by atoms with van der Waals surface area (Å²) in [5, 5.41) is 5.83. The second-order valence-electron chi connectivity index (χ2n) is 6.79. The van der Waals surface area contributed by atoms with E-state index >= 15 is 0 Å². The lowest BCUT2D eigenvalue weighted by Crippen LogP contribution is -2.08. The van der Waals surface area contributed by atoms with Crippen LogP contribution in [-0.2, 0) is 11.4 Å². The molecule has 0 fully saturated rings. The van der Waals surface area contributed by atoms with E-state index in [9.17, 15) is 4.79 Å². The van der Waals surface area contributed by atoms with Crippen molar-refractivity contribution in [2.24, 2.45) is 0 Å². The van der Waals surface area contributed by atoms with E-state index < -0.39 is 0 Å². The molecule has 5 nitrogen and oxygen atoms in total. The van der Waals surface area contributed by atoms with Crippen molar-refractivity contribution >= 4 is 34.9 Å². The molecule has 2 heterocycles. The summed E-state index contributed by atoms with van der Waals surface area (Å²) in [4.78, 5) is 10.9. The summed E-state index contributed by atoms with van der Waals surface area (Å²) in [7, 11) is 0. The number of aromatic nitrogens is 2. The van der Waals surface area contributed by atoms with Crippen molar-refractivity contribution in [2.45, 2.75) is 26.5 Å². The number of nitrogens with zero attached hydrogens (tertiary/aromatic N) is 2. The number of hydrogen-bond donors (Lipinski definition) is 0. The van der Waals surface area contributed by atoms with Crippen molar-refractivity contribution in [1.29, 1.82) is 0 Å². The quantitative estimate of drug-likeness (QED) is 0.593. The lowest BCUT2D eigenvalue weighted by molar-refractivity contribution is -0.105. The van der Waals surface area contributed by atoms with Gasteiger partial charge in [-0.3, -0.25) is 9.48 Å². The van der Waals surface area contributed by atoms with E-state index in [1.807, 2.05) is 47.2 Å². The van der Waals surface area contributed by atoms with E-state index in [1.54, 1.807) is 0 Å². The largest absolute Gasteiger partial charge is 0.489 e. The Kier molecular flexibility index (Phi) is 4.62. The summed E-state index contributed by atoms with van der Waals surface area (Å²) in [5.41, 5.74) is 3.53. The van der Waals surface area contributed by atoms with E-state index in [0.29, 0.717) is 23.1 Å². The molecule has 3 aromatic rings. The van der Waals surface area contributed by atoms with E-state index in [2.05, 4.69) is 18.9 Å². The van der Waals surface area contributed by atoms with Crippen molar-refractivity contribution in [2.75, 3.05) is 6.61 Å². The van der Waals surface area contributed by atoms with Gasteiger partial charge in [0.25, 0.3) is 0 Å². The Morgan fingerprint density at radius 2 is 2.15 bits per heavy atom. The number of hydrogen-bond acceptors (Lipinski definition) is 4. The van der Waals surface area contributed by atoms with Gasteiger partial charge in [0.2, 0.25) is 0 Å². The maximum absolute atomic E-state index is 10.9. The van der Waals surface area contributed by atoms with Crippen LogP contribution in [0.3, 0.4) is 0 Å². The molecule has 1 aliphatic rings. The molecule has 0 N–H and O–H groups in total. The molecule has 138 valence electrons. The van der Waals surface area contributed by atoms with Gasteiger partial charge in [0.05, 0.1) is 5.52 Å². The maximum Gasteiger partial charge on any atom is 0.158 e. The summed E-state index contributed by atoms with van der Waals surface area (Å²) in [5.74, 6) is 1.43. The van der Waals surface area contributed by atoms with Crippen LogP contribution in [0.15, 0.2) is 42.0 Å². The molecule has 0 atom stereocenters. The zero-order valence-corrected chi connectivity index (χ0v) is 15.9. The van der Waals surface area contributed by atoms with Crippen LogP contribution in [0.1, 0.15) is 31.0 Å². The lowest BCUT2D eigenvalue weighted by Gasteiger charge is -2.16. The van der Waals surface area contributed by atoms with Gasteiger partial charge < -0.3 is 9.47 Å². The monoisotopic (exact) mass is 382 g/mol. The summed E-state index contributed by atoms with van der Waals surface area (Å²) in [6.07, 6.45) is 2.65. The molecule has 4 rings (SSSR count). The van der Waals surface area contributed by atoms with E-state index in [1.165, 1.54) is 0 Å². The number of halogens is 1. The van der Waals surface area contributed by atoms with Crippen LogP contribution >= 0.6 is 11.6 Å². The second-order valence-corrected chi connectivity index (χ2v) is 7.15. The van der Waals surface area contributed by atoms with Crippen molar-refractivity contribution in [1.82, 2.24) is 9.78 Å². The van der Waals surface area contributed by atoms with E-state index in [-0.39, 0.29) is 12.6 Å². The van der Waals surface area contributed by atoms with Gasteiger partial charge >= 0.3 is 0 Å². The van der Waals surface area contributed by atoms with Gasteiger partial charge in [-0.15, -0.1) is 0 Å². The molecule has 6 heteroatoms. The number of ether oxygens (including phenoxy) is 2. The first-order valence-corrected chi connectivity index (χ1v) is 9.15. The molecule has 0 unspecified atom stereocenters. The van der Waals surface area contributed by atoms with Crippen molar-refractivity contribution in [3.8, 4) is 11.5 Å². The Labute approximate surface area is 162 Å². The van der Waals surface area contributed by atoms with Crippen molar-refractivity contribution in [3.63, 3.8) is 0 Å². The third kappa shape index (κ3) is 3.43. The molecule has 0 amide bonds. The molecule has 0 saturated carbocycles. The molecule has 0 aliphatic carbocycles. The summed E-state index contributed by atoms with van der Waals surface area (Å²) >= 11 is 6.29. The predicted molar refractivity (Wildman–Crippen MR) is 105 cm³/mol. The highest BCUT2D eigenvalue weighted by atomic mass is 35.5. The van der Waals surface area contributed by atoms with Gasteiger partial charge in [-0.2, -0.15) is 5.10 Å². The molecule has 1 aliphatic heterocycles. The fraction of sp³-hybridized carbons (Fsp3) is 0.238. The molecule has 0 spiro atoms. The Morgan fingerprint density at radius 1 is 1.30 bits per heavy atom. The highest BCUT2D eigenvalue weighted by Gasteiger charge is 2.13. The number of rotatable bonds is 5. The number of fused-ring (bicyclic) bond motifs is 2. The molecule has 1 aromatic heterocycles. The number of carbonyl (C=O) groups is 1. The molecule has 0 saturated heterocycles. The summed E-state index contributed by atoms with van der Waals surface area (Å²) in [6, 6.07) is 11.9. The molecule has 2 aromatic carbocycles. The Bertz CT molecular complexity index is 1050. The number of aldehydes is 1. The topological polar surface area (TPSA) is 53.4 Å².